The Kier molecular flexibility index (Phi) is 6.41. The number of piperidine rings is 1. The molecule has 166 valence electrons. The van der Waals surface area contributed by atoms with Crippen LogP contribution in [0.25, 0.3) is 6.08 Å². The Labute approximate surface area is 183 Å². The second-order valence-electron chi connectivity index (χ2n) is 8.67. The molecule has 1 N–H and O–H groups in total. The highest BCUT2D eigenvalue weighted by atomic mass is 32.2. The van der Waals surface area contributed by atoms with Gasteiger partial charge in [-0.05, 0) is 38.4 Å². The maximum absolute atomic E-state index is 12.6. The van der Waals surface area contributed by atoms with Gasteiger partial charge in [-0.15, -0.1) is 0 Å². The molecule has 8 heteroatoms. The van der Waals surface area contributed by atoms with Crippen molar-refractivity contribution in [3.63, 3.8) is 0 Å². The largest absolute Gasteiger partial charge is 0.310 e. The summed E-state index contributed by atoms with van der Waals surface area (Å²) in [6.45, 7) is 5.54. The second kappa shape index (κ2) is 9.06. The topological polar surface area (TPSA) is 86.4 Å². The van der Waals surface area contributed by atoms with E-state index in [-0.39, 0.29) is 18.0 Å². The van der Waals surface area contributed by atoms with Gasteiger partial charge >= 0.3 is 0 Å². The first-order valence-electron chi connectivity index (χ1n) is 10.8. The van der Waals surface area contributed by atoms with Crippen LogP contribution in [0.5, 0.6) is 0 Å². The van der Waals surface area contributed by atoms with E-state index in [1.165, 1.54) is 21.7 Å². The first-order valence-corrected chi connectivity index (χ1v) is 12.7. The minimum absolute atomic E-state index is 0.113. The quantitative estimate of drug-likeness (QED) is 0.768. The van der Waals surface area contributed by atoms with Crippen LogP contribution in [0.4, 0.5) is 0 Å². The van der Waals surface area contributed by atoms with Crippen LogP contribution in [-0.2, 0) is 23.0 Å². The molecule has 0 unspecified atom stereocenters. The Hall–Kier alpha value is -2.29. The van der Waals surface area contributed by atoms with E-state index in [1.807, 2.05) is 6.07 Å². The van der Waals surface area contributed by atoms with E-state index in [1.54, 1.807) is 0 Å². The van der Waals surface area contributed by atoms with Gasteiger partial charge in [0.25, 0.3) is 5.56 Å². The maximum atomic E-state index is 12.6. The highest BCUT2D eigenvalue weighted by Gasteiger charge is 2.29. The Morgan fingerprint density at radius 2 is 1.90 bits per heavy atom. The molecule has 31 heavy (non-hydrogen) atoms. The van der Waals surface area contributed by atoms with Gasteiger partial charge in [-0.3, -0.25) is 9.69 Å². The van der Waals surface area contributed by atoms with Gasteiger partial charge in [0.2, 0.25) is 10.0 Å². The summed E-state index contributed by atoms with van der Waals surface area (Å²) in [6, 6.07) is 10.4. The summed E-state index contributed by atoms with van der Waals surface area (Å²) in [5.41, 5.74) is 3.60. The molecule has 3 heterocycles. The molecule has 0 spiro atoms. The Bertz CT molecular complexity index is 1120. The van der Waals surface area contributed by atoms with Crippen molar-refractivity contribution >= 4 is 16.1 Å². The first kappa shape index (κ1) is 21.9. The predicted octanol–water partition coefficient (Wildman–Crippen LogP) is 2.37. The summed E-state index contributed by atoms with van der Waals surface area (Å²) in [4.78, 5) is 22.8. The first-order chi connectivity index (χ1) is 14.8. The van der Waals surface area contributed by atoms with Gasteiger partial charge < -0.3 is 4.98 Å². The number of sulfonamides is 1. The fourth-order valence-corrected chi connectivity index (χ4v) is 5.28. The number of likely N-dealkylation sites (tertiary alicyclic amines) is 1. The molecule has 4 rings (SSSR count). The Morgan fingerprint density at radius 1 is 1.19 bits per heavy atom. The third-order valence-electron chi connectivity index (χ3n) is 6.18. The number of H-pyrrole nitrogens is 1. The lowest BCUT2D eigenvalue weighted by atomic mass is 9.95. The van der Waals surface area contributed by atoms with E-state index >= 15 is 0 Å². The van der Waals surface area contributed by atoms with Crippen LogP contribution in [0.15, 0.2) is 40.7 Å². The number of aromatic amines is 1. The van der Waals surface area contributed by atoms with Gasteiger partial charge in [-0.1, -0.05) is 42.0 Å². The van der Waals surface area contributed by atoms with Gasteiger partial charge in [-0.25, -0.2) is 13.4 Å². The van der Waals surface area contributed by atoms with Crippen LogP contribution in [0.1, 0.15) is 48.3 Å². The van der Waals surface area contributed by atoms with Gasteiger partial charge in [0.05, 0.1) is 17.5 Å². The number of hydrogen-bond donors (Lipinski definition) is 1. The van der Waals surface area contributed by atoms with E-state index < -0.39 is 10.0 Å². The van der Waals surface area contributed by atoms with Crippen molar-refractivity contribution in [2.24, 2.45) is 0 Å². The van der Waals surface area contributed by atoms with E-state index in [0.29, 0.717) is 18.5 Å². The molecule has 1 aromatic heterocycles. The van der Waals surface area contributed by atoms with Crippen molar-refractivity contribution in [1.82, 2.24) is 19.2 Å². The lowest BCUT2D eigenvalue weighted by Crippen LogP contribution is -2.40. The molecule has 1 fully saturated rings. The zero-order valence-corrected chi connectivity index (χ0v) is 19.0. The number of hydrogen-bond acceptors (Lipinski definition) is 5. The third kappa shape index (κ3) is 5.31. The number of rotatable bonds is 5. The average molecular weight is 443 g/mol. The van der Waals surface area contributed by atoms with E-state index in [9.17, 15) is 13.2 Å². The monoisotopic (exact) mass is 442 g/mol. The number of fused-ring (bicyclic) bond motifs is 1. The van der Waals surface area contributed by atoms with Crippen LogP contribution in [0, 0.1) is 0 Å². The molecule has 0 amide bonds. The smallest absolute Gasteiger partial charge is 0.255 e. The molecule has 0 saturated carbocycles. The summed E-state index contributed by atoms with van der Waals surface area (Å²) in [7, 11) is -3.31. The van der Waals surface area contributed by atoms with Crippen molar-refractivity contribution < 1.29 is 8.42 Å². The van der Waals surface area contributed by atoms with Crippen LogP contribution in [-0.4, -0.2) is 60.0 Å². The van der Waals surface area contributed by atoms with Crippen molar-refractivity contribution in [3.05, 3.63) is 68.9 Å². The zero-order valence-electron chi connectivity index (χ0n) is 18.2. The molecule has 7 nitrogen and oxygen atoms in total. The highest BCUT2D eigenvalue weighted by molar-refractivity contribution is 7.88. The van der Waals surface area contributed by atoms with Crippen molar-refractivity contribution in [1.29, 1.82) is 0 Å². The van der Waals surface area contributed by atoms with Crippen LogP contribution in [0.3, 0.4) is 0 Å². The molecule has 2 aliphatic rings. The Morgan fingerprint density at radius 3 is 2.58 bits per heavy atom. The molecular formula is C23H30N4O3S. The average Bonchev–Trinajstić information content (AvgIpc) is 2.74. The summed E-state index contributed by atoms with van der Waals surface area (Å²) < 4.78 is 25.0. The van der Waals surface area contributed by atoms with Gasteiger partial charge in [0.1, 0.15) is 5.82 Å². The van der Waals surface area contributed by atoms with Crippen LogP contribution >= 0.6 is 0 Å². The van der Waals surface area contributed by atoms with Gasteiger partial charge in [-0.2, -0.15) is 4.31 Å². The molecule has 0 atom stereocenters. The maximum Gasteiger partial charge on any atom is 0.255 e. The third-order valence-corrected chi connectivity index (χ3v) is 7.43. The minimum atomic E-state index is -3.31. The molecule has 2 aromatic rings. The Balaban J connectivity index is 1.39. The van der Waals surface area contributed by atoms with Gasteiger partial charge in [0.15, 0.2) is 0 Å². The van der Waals surface area contributed by atoms with E-state index in [0.717, 1.165) is 44.0 Å². The van der Waals surface area contributed by atoms with E-state index in [4.69, 9.17) is 4.98 Å². The van der Waals surface area contributed by atoms with Crippen molar-refractivity contribution in [2.75, 3.05) is 32.4 Å². The van der Waals surface area contributed by atoms with Crippen LogP contribution in [0.2, 0.25) is 0 Å². The lowest BCUT2D eigenvalue weighted by Gasteiger charge is -2.32. The summed E-state index contributed by atoms with van der Waals surface area (Å²) >= 11 is 0. The molecule has 0 radical (unpaired) electrons. The zero-order chi connectivity index (χ0) is 22.0. The van der Waals surface area contributed by atoms with Gasteiger partial charge in [0, 0.05) is 32.0 Å². The van der Waals surface area contributed by atoms with E-state index in [2.05, 4.69) is 47.1 Å². The summed E-state index contributed by atoms with van der Waals surface area (Å²) in [5.74, 6) is 0.994. The fraction of sp³-hybridized carbons (Fsp3) is 0.478. The molecule has 1 aromatic carbocycles. The molecule has 1 saturated heterocycles. The normalized spacial score (nSPS) is 19.4. The molecule has 2 aliphatic heterocycles. The standard InChI is InChI=1S/C23H30N4O3S/c1-17(14-18-6-4-3-5-7-18)15-26-11-8-19(9-12-26)22-24-21-10-13-27(31(2,29)30)16-20(21)23(28)25-22/h3-7,14,19H,8-13,15-16H2,1-2H3,(H,24,25,28)/b17-14+. The summed E-state index contributed by atoms with van der Waals surface area (Å²) in [6.07, 6.45) is 5.81. The minimum Gasteiger partial charge on any atom is -0.310 e. The molecule has 0 aliphatic carbocycles. The molecule has 0 bridgehead atoms. The number of benzene rings is 1. The summed E-state index contributed by atoms with van der Waals surface area (Å²) in [5, 5.41) is 0. The second-order valence-corrected chi connectivity index (χ2v) is 10.7. The SMILES string of the molecule is C/C(=C\c1ccccc1)CN1CCC(c2nc3c(c(=O)[nH]2)CN(S(C)(=O)=O)CC3)CC1. The number of aromatic nitrogens is 2. The van der Waals surface area contributed by atoms with Crippen molar-refractivity contribution in [3.8, 4) is 0 Å². The van der Waals surface area contributed by atoms with Crippen LogP contribution < -0.4 is 5.56 Å². The molecular weight excluding hydrogens is 412 g/mol. The number of nitrogens with one attached hydrogen (secondary N) is 1. The fourth-order valence-electron chi connectivity index (χ4n) is 4.49. The number of nitrogens with zero attached hydrogens (tertiary/aromatic N) is 3. The highest BCUT2D eigenvalue weighted by Crippen LogP contribution is 2.27. The predicted molar refractivity (Wildman–Crippen MR) is 122 cm³/mol. The lowest BCUT2D eigenvalue weighted by molar-refractivity contribution is 0.224. The van der Waals surface area contributed by atoms with Crippen molar-refractivity contribution in [2.45, 2.75) is 38.6 Å².